The van der Waals surface area contributed by atoms with Crippen molar-refractivity contribution in [3.8, 4) is 5.75 Å². The van der Waals surface area contributed by atoms with E-state index in [-0.39, 0.29) is 30.2 Å². The molecule has 1 atom stereocenters. The number of Topliss-reactive ketones (excluding diaryl/α,β-unsaturated/α-hetero) is 2. The Morgan fingerprint density at radius 1 is 1.46 bits per heavy atom. The topological polar surface area (TPSA) is 120 Å². The van der Waals surface area contributed by atoms with Crippen LogP contribution in [0.25, 0.3) is 0 Å². The molecule has 0 fully saturated rings. The van der Waals surface area contributed by atoms with Crippen molar-refractivity contribution in [3.63, 3.8) is 0 Å². The van der Waals surface area contributed by atoms with Gasteiger partial charge in [0.25, 0.3) is 0 Å². The Morgan fingerprint density at radius 3 is 3.00 bits per heavy atom. The van der Waals surface area contributed by atoms with E-state index in [9.17, 15) is 14.6 Å². The third-order valence-corrected chi connectivity index (χ3v) is 4.41. The lowest BCUT2D eigenvalue weighted by Gasteiger charge is -2.28. The first kappa shape index (κ1) is 18.3. The van der Waals surface area contributed by atoms with Gasteiger partial charge in [-0.05, 0) is 25.0 Å². The number of carbonyl (C=O) groups is 2. The number of rotatable bonds is 7. The molecule has 0 aliphatic carbocycles. The summed E-state index contributed by atoms with van der Waals surface area (Å²) < 4.78 is 7.16. The number of aromatic nitrogens is 3. The lowest BCUT2D eigenvalue weighted by atomic mass is 9.64. The van der Waals surface area contributed by atoms with E-state index < -0.39 is 7.12 Å². The highest BCUT2D eigenvalue weighted by Crippen LogP contribution is 2.36. The summed E-state index contributed by atoms with van der Waals surface area (Å²) in [4.78, 5) is 24.1. The highest BCUT2D eigenvalue weighted by molar-refractivity contribution is 6.47. The van der Waals surface area contributed by atoms with E-state index in [2.05, 4.69) is 10.3 Å². The number of nitrogens with two attached hydrogens (primary N) is 1. The minimum Gasteiger partial charge on any atom is -0.535 e. The van der Waals surface area contributed by atoms with Crippen LogP contribution in [0.3, 0.4) is 0 Å². The van der Waals surface area contributed by atoms with Gasteiger partial charge in [0, 0.05) is 25.0 Å². The van der Waals surface area contributed by atoms with Gasteiger partial charge >= 0.3 is 7.12 Å². The maximum atomic E-state index is 12.4. The molecule has 0 saturated heterocycles. The van der Waals surface area contributed by atoms with Crippen LogP contribution < -0.4 is 10.4 Å². The van der Waals surface area contributed by atoms with Crippen LogP contribution >= 0.6 is 0 Å². The van der Waals surface area contributed by atoms with Crippen LogP contribution in [0.5, 0.6) is 5.75 Å². The first-order valence-corrected chi connectivity index (χ1v) is 8.56. The van der Waals surface area contributed by atoms with Gasteiger partial charge in [-0.3, -0.25) is 14.3 Å². The molecule has 1 aromatic heterocycles. The van der Waals surface area contributed by atoms with E-state index in [4.69, 9.17) is 10.4 Å². The normalized spacial score (nSPS) is 16.1. The molecule has 2 aromatic rings. The summed E-state index contributed by atoms with van der Waals surface area (Å²) in [5, 5.41) is 18.1. The second-order valence-corrected chi connectivity index (χ2v) is 6.50. The fourth-order valence-corrected chi connectivity index (χ4v) is 3.16. The highest BCUT2D eigenvalue weighted by atomic mass is 16.5. The van der Waals surface area contributed by atoms with Crippen LogP contribution in [0.1, 0.15) is 35.0 Å². The van der Waals surface area contributed by atoms with Gasteiger partial charge in [0.2, 0.25) is 0 Å². The maximum Gasteiger partial charge on any atom is 0.526 e. The minimum absolute atomic E-state index is 0.0522. The summed E-state index contributed by atoms with van der Waals surface area (Å²) in [6.45, 7) is 2.45. The smallest absolute Gasteiger partial charge is 0.526 e. The van der Waals surface area contributed by atoms with Gasteiger partial charge in [-0.25, -0.2) is 0 Å². The van der Waals surface area contributed by atoms with Crippen molar-refractivity contribution in [3.05, 3.63) is 41.2 Å². The van der Waals surface area contributed by atoms with Crippen molar-refractivity contribution in [2.24, 2.45) is 5.73 Å². The van der Waals surface area contributed by atoms with Crippen LogP contribution in [0, 0.1) is 0 Å². The first-order valence-electron chi connectivity index (χ1n) is 8.56. The monoisotopic (exact) mass is 356 g/mol. The Bertz CT molecular complexity index is 823. The number of hydrogen-bond acceptors (Lipinski definition) is 7. The number of ketones is 2. The molecule has 0 saturated carbocycles. The number of nitrogens with zero attached hydrogens (tertiary/aromatic N) is 3. The fraction of sp³-hybridized carbons (Fsp3) is 0.412. The number of benzene rings is 1. The molecule has 8 nitrogen and oxygen atoms in total. The lowest BCUT2D eigenvalue weighted by molar-refractivity contribution is -0.118. The van der Waals surface area contributed by atoms with Crippen molar-refractivity contribution < 1.29 is 19.3 Å². The first-order chi connectivity index (χ1) is 12.5. The number of carbonyl (C=O) groups excluding carboxylic acids is 2. The minimum atomic E-state index is -1.13. The molecular weight excluding hydrogens is 335 g/mol. The predicted octanol–water partition coefficient (Wildman–Crippen LogP) is 0.427. The van der Waals surface area contributed by atoms with Crippen LogP contribution in [-0.2, 0) is 24.2 Å². The Morgan fingerprint density at radius 2 is 2.27 bits per heavy atom. The summed E-state index contributed by atoms with van der Waals surface area (Å²) in [6, 6.07) is 5.30. The van der Waals surface area contributed by atoms with Crippen LogP contribution in [0.2, 0.25) is 5.82 Å². The SMILES string of the molecule is CC(=O)c1cccc2c1OB(O)[C@@H](CC(=O)Cc1cn(CCN)nn1)C2. The van der Waals surface area contributed by atoms with Crippen molar-refractivity contribution >= 4 is 18.7 Å². The number of hydrogen-bond donors (Lipinski definition) is 2. The summed E-state index contributed by atoms with van der Waals surface area (Å²) in [6.07, 6.45) is 2.49. The average Bonchev–Trinajstić information content (AvgIpc) is 3.02. The maximum absolute atomic E-state index is 12.4. The van der Waals surface area contributed by atoms with Gasteiger partial charge in [-0.15, -0.1) is 5.10 Å². The highest BCUT2D eigenvalue weighted by Gasteiger charge is 2.37. The standard InChI is InChI=1S/C17H21BN4O4/c1-11(23)16-4-2-3-12-7-13(18(25)26-17(12)16)8-15(24)9-14-10-22(6-5-19)21-20-14/h2-4,10,13,25H,5-9,19H2,1H3/t13-/m1/s1. The molecule has 3 rings (SSSR count). The van der Waals surface area contributed by atoms with Crippen molar-refractivity contribution in [1.29, 1.82) is 0 Å². The summed E-state index contributed by atoms with van der Waals surface area (Å²) in [5.74, 6) is -0.120. The number of fused-ring (bicyclic) bond motifs is 1. The predicted molar refractivity (Wildman–Crippen MR) is 94.9 cm³/mol. The average molecular weight is 356 g/mol. The Balaban J connectivity index is 1.66. The molecule has 1 aliphatic heterocycles. The molecule has 9 heteroatoms. The molecule has 0 radical (unpaired) electrons. The Kier molecular flexibility index (Phi) is 5.48. The Hall–Kier alpha value is -2.52. The van der Waals surface area contributed by atoms with Crippen LogP contribution in [-0.4, -0.2) is 45.2 Å². The molecule has 26 heavy (non-hydrogen) atoms. The van der Waals surface area contributed by atoms with E-state index in [1.165, 1.54) is 6.92 Å². The molecule has 0 unspecified atom stereocenters. The molecule has 0 amide bonds. The van der Waals surface area contributed by atoms with E-state index in [1.807, 2.05) is 6.07 Å². The zero-order valence-corrected chi connectivity index (χ0v) is 14.6. The fourth-order valence-electron chi connectivity index (χ4n) is 3.16. The second-order valence-electron chi connectivity index (χ2n) is 6.50. The molecule has 3 N–H and O–H groups in total. The lowest BCUT2D eigenvalue weighted by Crippen LogP contribution is -2.36. The van der Waals surface area contributed by atoms with Crippen molar-refractivity contribution in [2.75, 3.05) is 6.54 Å². The van der Waals surface area contributed by atoms with Crippen molar-refractivity contribution in [2.45, 2.75) is 38.5 Å². The molecule has 1 aromatic carbocycles. The van der Waals surface area contributed by atoms with Crippen LogP contribution in [0.15, 0.2) is 24.4 Å². The van der Waals surface area contributed by atoms with Gasteiger partial charge in [-0.2, -0.15) is 0 Å². The zero-order valence-electron chi connectivity index (χ0n) is 14.6. The molecule has 0 spiro atoms. The molecule has 136 valence electrons. The molecule has 2 heterocycles. The van der Waals surface area contributed by atoms with Gasteiger partial charge in [0.1, 0.15) is 11.5 Å². The van der Waals surface area contributed by atoms with E-state index in [0.29, 0.717) is 36.5 Å². The summed E-state index contributed by atoms with van der Waals surface area (Å²) in [5.41, 5.74) is 7.31. The molecule has 1 aliphatic rings. The van der Waals surface area contributed by atoms with Crippen LogP contribution in [0.4, 0.5) is 0 Å². The summed E-state index contributed by atoms with van der Waals surface area (Å²) >= 11 is 0. The molecule has 0 bridgehead atoms. The van der Waals surface area contributed by atoms with Gasteiger partial charge in [0.15, 0.2) is 5.78 Å². The van der Waals surface area contributed by atoms with Crippen molar-refractivity contribution in [1.82, 2.24) is 15.0 Å². The van der Waals surface area contributed by atoms with E-state index in [1.54, 1.807) is 23.0 Å². The van der Waals surface area contributed by atoms with Gasteiger partial charge in [-0.1, -0.05) is 17.3 Å². The molecular formula is C17H21BN4O4. The third kappa shape index (κ3) is 4.00. The largest absolute Gasteiger partial charge is 0.535 e. The van der Waals surface area contributed by atoms with E-state index >= 15 is 0 Å². The summed E-state index contributed by atoms with van der Waals surface area (Å²) in [7, 11) is -1.13. The Labute approximate surface area is 151 Å². The zero-order chi connectivity index (χ0) is 18.7. The van der Waals surface area contributed by atoms with Gasteiger partial charge in [0.05, 0.1) is 24.2 Å². The van der Waals surface area contributed by atoms with E-state index in [0.717, 1.165) is 5.56 Å². The number of para-hydroxylation sites is 1. The van der Waals surface area contributed by atoms with Gasteiger partial charge < -0.3 is 15.4 Å². The quantitative estimate of drug-likeness (QED) is 0.545. The third-order valence-electron chi connectivity index (χ3n) is 4.41. The second kappa shape index (κ2) is 7.80.